The van der Waals surface area contributed by atoms with E-state index in [1.807, 2.05) is 6.92 Å². The Bertz CT molecular complexity index is 343. The number of carbonyl (C=O) groups excluding carboxylic acids is 1. The normalized spacial score (nSPS) is 12.8. The molecule has 21 heavy (non-hydrogen) atoms. The van der Waals surface area contributed by atoms with E-state index in [9.17, 15) is 4.79 Å². The van der Waals surface area contributed by atoms with Crippen LogP contribution < -0.4 is 0 Å². The summed E-state index contributed by atoms with van der Waals surface area (Å²) in [5, 5.41) is 0. The predicted octanol–water partition coefficient (Wildman–Crippen LogP) is 5.60. The van der Waals surface area contributed by atoms with Gasteiger partial charge in [-0.05, 0) is 44.4 Å². The molecule has 0 radical (unpaired) electrons. The van der Waals surface area contributed by atoms with Crippen LogP contribution in [0.25, 0.3) is 0 Å². The summed E-state index contributed by atoms with van der Waals surface area (Å²) in [6, 6.07) is 0. The Morgan fingerprint density at radius 1 is 0.857 bits per heavy atom. The fourth-order valence-electron chi connectivity index (χ4n) is 1.73. The molecule has 2 nitrogen and oxygen atoms in total. The van der Waals surface area contributed by atoms with Crippen molar-refractivity contribution < 1.29 is 9.53 Å². The lowest BCUT2D eigenvalue weighted by Crippen LogP contribution is -2.02. The average molecular weight is 292 g/mol. The van der Waals surface area contributed by atoms with Crippen molar-refractivity contribution in [2.24, 2.45) is 5.41 Å². The highest BCUT2D eigenvalue weighted by molar-refractivity contribution is 5.69. The van der Waals surface area contributed by atoms with Gasteiger partial charge < -0.3 is 4.74 Å². The first-order valence-electron chi connectivity index (χ1n) is 8.09. The Morgan fingerprint density at radius 2 is 1.33 bits per heavy atom. The van der Waals surface area contributed by atoms with Gasteiger partial charge in [0, 0.05) is 6.42 Å². The van der Waals surface area contributed by atoms with Gasteiger partial charge in [-0.3, -0.25) is 4.79 Å². The van der Waals surface area contributed by atoms with Crippen LogP contribution in [0.15, 0.2) is 36.5 Å². The molecule has 0 unspecified atom stereocenters. The highest BCUT2D eigenvalue weighted by Gasteiger charge is 2.02. The van der Waals surface area contributed by atoms with Gasteiger partial charge in [-0.2, -0.15) is 0 Å². The van der Waals surface area contributed by atoms with Gasteiger partial charge >= 0.3 is 5.97 Å². The minimum Gasteiger partial charge on any atom is -0.466 e. The number of carbonyl (C=O) groups is 1. The molecule has 0 aliphatic heterocycles. The van der Waals surface area contributed by atoms with Gasteiger partial charge in [0.2, 0.25) is 0 Å². The molecule has 0 bridgehead atoms. The maximum absolute atomic E-state index is 11.1. The summed E-state index contributed by atoms with van der Waals surface area (Å²) in [6.07, 6.45) is 18.8. The van der Waals surface area contributed by atoms with Gasteiger partial charge in [-0.25, -0.2) is 0 Å². The Morgan fingerprint density at radius 3 is 1.81 bits per heavy atom. The van der Waals surface area contributed by atoms with Gasteiger partial charge in [0.1, 0.15) is 0 Å². The summed E-state index contributed by atoms with van der Waals surface area (Å²) in [5.41, 5.74) is 0.290. The van der Waals surface area contributed by atoms with Crippen molar-refractivity contribution in [3.05, 3.63) is 36.5 Å². The zero-order valence-electron chi connectivity index (χ0n) is 14.2. The third-order valence-electron chi connectivity index (χ3n) is 2.77. The molecule has 120 valence electrons. The molecule has 0 heterocycles. The average Bonchev–Trinajstić information content (AvgIpc) is 2.39. The van der Waals surface area contributed by atoms with Crippen LogP contribution in [0, 0.1) is 5.41 Å². The van der Waals surface area contributed by atoms with E-state index in [2.05, 4.69) is 57.2 Å². The minimum atomic E-state index is -0.106. The van der Waals surface area contributed by atoms with Crippen molar-refractivity contribution in [1.29, 1.82) is 0 Å². The molecule has 0 aromatic rings. The summed E-state index contributed by atoms with van der Waals surface area (Å²) in [6.45, 7) is 8.95. The number of rotatable bonds is 10. The first kappa shape index (κ1) is 19.7. The monoisotopic (exact) mass is 292 g/mol. The number of hydrogen-bond acceptors (Lipinski definition) is 2. The van der Waals surface area contributed by atoms with Gasteiger partial charge in [0.25, 0.3) is 0 Å². The molecule has 0 spiro atoms. The van der Waals surface area contributed by atoms with E-state index < -0.39 is 0 Å². The number of esters is 1. The van der Waals surface area contributed by atoms with E-state index in [4.69, 9.17) is 4.74 Å². The van der Waals surface area contributed by atoms with Crippen molar-refractivity contribution in [2.75, 3.05) is 6.61 Å². The Balaban J connectivity index is 3.48. The van der Waals surface area contributed by atoms with E-state index >= 15 is 0 Å². The smallest absolute Gasteiger partial charge is 0.306 e. The van der Waals surface area contributed by atoms with Crippen LogP contribution in [0.5, 0.6) is 0 Å². The quantitative estimate of drug-likeness (QED) is 0.297. The first-order valence-corrected chi connectivity index (χ1v) is 8.09. The lowest BCUT2D eigenvalue weighted by atomic mass is 9.96. The zero-order chi connectivity index (χ0) is 16.0. The van der Waals surface area contributed by atoms with E-state index in [0.29, 0.717) is 13.0 Å². The van der Waals surface area contributed by atoms with E-state index in [-0.39, 0.29) is 11.4 Å². The van der Waals surface area contributed by atoms with Crippen LogP contribution in [0.2, 0.25) is 0 Å². The lowest BCUT2D eigenvalue weighted by Gasteiger charge is -2.10. The van der Waals surface area contributed by atoms with Crippen molar-refractivity contribution in [2.45, 2.75) is 66.2 Å². The first-order chi connectivity index (χ1) is 9.95. The Kier molecular flexibility index (Phi) is 11.7. The SMILES string of the molecule is CCOC(=O)CCC=CCCC=CCCC=CC(C)(C)C. The van der Waals surface area contributed by atoms with Gasteiger partial charge in [-0.15, -0.1) is 0 Å². The largest absolute Gasteiger partial charge is 0.466 e. The van der Waals surface area contributed by atoms with E-state index in [1.54, 1.807) is 0 Å². The second kappa shape index (κ2) is 12.4. The van der Waals surface area contributed by atoms with Crippen molar-refractivity contribution in [1.82, 2.24) is 0 Å². The molecule has 2 heteroatoms. The van der Waals surface area contributed by atoms with Crippen molar-refractivity contribution in [3.63, 3.8) is 0 Å². The fourth-order valence-corrected chi connectivity index (χ4v) is 1.73. The highest BCUT2D eigenvalue weighted by Crippen LogP contribution is 2.15. The van der Waals surface area contributed by atoms with Gasteiger partial charge in [-0.1, -0.05) is 57.2 Å². The van der Waals surface area contributed by atoms with Crippen LogP contribution in [0.1, 0.15) is 66.2 Å². The van der Waals surface area contributed by atoms with Crippen LogP contribution in [-0.4, -0.2) is 12.6 Å². The van der Waals surface area contributed by atoms with Gasteiger partial charge in [0.15, 0.2) is 0 Å². The predicted molar refractivity (Wildman–Crippen MR) is 91.2 cm³/mol. The van der Waals surface area contributed by atoms with E-state index in [1.165, 1.54) is 0 Å². The second-order valence-corrected chi connectivity index (χ2v) is 6.21. The molecule has 0 atom stereocenters. The Hall–Kier alpha value is -1.31. The summed E-state index contributed by atoms with van der Waals surface area (Å²) in [4.78, 5) is 11.1. The molecular formula is C19H32O2. The summed E-state index contributed by atoms with van der Waals surface area (Å²) in [5.74, 6) is -0.106. The minimum absolute atomic E-state index is 0.106. The maximum atomic E-state index is 11.1. The summed E-state index contributed by atoms with van der Waals surface area (Å²) < 4.78 is 4.87. The maximum Gasteiger partial charge on any atom is 0.306 e. The molecule has 0 amide bonds. The molecule has 0 rings (SSSR count). The molecule has 0 saturated carbocycles. The fraction of sp³-hybridized carbons (Fsp3) is 0.632. The molecule has 0 aliphatic rings. The molecule has 0 aromatic carbocycles. The van der Waals surface area contributed by atoms with Crippen LogP contribution in [0.4, 0.5) is 0 Å². The van der Waals surface area contributed by atoms with Crippen molar-refractivity contribution in [3.8, 4) is 0 Å². The van der Waals surface area contributed by atoms with Crippen molar-refractivity contribution >= 4 is 5.97 Å². The lowest BCUT2D eigenvalue weighted by molar-refractivity contribution is -0.142. The van der Waals surface area contributed by atoms with E-state index in [0.717, 1.165) is 32.1 Å². The molecule has 0 saturated heterocycles. The number of unbranched alkanes of at least 4 members (excludes halogenated alkanes) is 2. The second-order valence-electron chi connectivity index (χ2n) is 6.21. The molecular weight excluding hydrogens is 260 g/mol. The highest BCUT2D eigenvalue weighted by atomic mass is 16.5. The third-order valence-corrected chi connectivity index (χ3v) is 2.77. The molecule has 0 N–H and O–H groups in total. The topological polar surface area (TPSA) is 26.3 Å². The number of hydrogen-bond donors (Lipinski definition) is 0. The van der Waals surface area contributed by atoms with Crippen LogP contribution >= 0.6 is 0 Å². The third kappa shape index (κ3) is 16.6. The summed E-state index contributed by atoms with van der Waals surface area (Å²) in [7, 11) is 0. The number of ether oxygens (including phenoxy) is 1. The molecule has 0 aromatic heterocycles. The molecule has 0 aliphatic carbocycles. The van der Waals surface area contributed by atoms with Crippen LogP contribution in [0.3, 0.4) is 0 Å². The zero-order valence-corrected chi connectivity index (χ0v) is 14.2. The molecule has 0 fully saturated rings. The Labute approximate surface area is 131 Å². The van der Waals surface area contributed by atoms with Crippen LogP contribution in [-0.2, 0) is 9.53 Å². The van der Waals surface area contributed by atoms with Gasteiger partial charge in [0.05, 0.1) is 6.61 Å². The number of allylic oxidation sites excluding steroid dienone is 6. The summed E-state index contributed by atoms with van der Waals surface area (Å²) >= 11 is 0. The standard InChI is InChI=1S/C19H32O2/c1-5-21-18(20)16-14-12-10-8-6-7-9-11-13-15-17-19(2,3)4/h7,9-10,12,15,17H,5-6,8,11,13-14,16H2,1-4H3.